The van der Waals surface area contributed by atoms with Crippen LogP contribution in [-0.2, 0) is 16.3 Å². The van der Waals surface area contributed by atoms with E-state index < -0.39 is 9.84 Å². The molecule has 0 radical (unpaired) electrons. The van der Waals surface area contributed by atoms with Gasteiger partial charge in [-0.3, -0.25) is 4.90 Å². The smallest absolute Gasteiger partial charge is 0.151 e. The van der Waals surface area contributed by atoms with E-state index in [0.717, 1.165) is 19.4 Å². The van der Waals surface area contributed by atoms with Gasteiger partial charge in [-0.25, -0.2) is 8.42 Å². The lowest BCUT2D eigenvalue weighted by molar-refractivity contribution is 0.236. The number of rotatable bonds is 6. The minimum absolute atomic E-state index is 0.0999. The van der Waals surface area contributed by atoms with Gasteiger partial charge in [-0.1, -0.05) is 30.2 Å². The van der Waals surface area contributed by atoms with Crippen molar-refractivity contribution in [3.63, 3.8) is 0 Å². The Kier molecular flexibility index (Phi) is 5.44. The molecule has 0 aromatic heterocycles. The first-order valence-corrected chi connectivity index (χ1v) is 9.26. The van der Waals surface area contributed by atoms with Crippen molar-refractivity contribution in [2.45, 2.75) is 32.2 Å². The van der Waals surface area contributed by atoms with Gasteiger partial charge in [0.15, 0.2) is 9.84 Å². The Morgan fingerprint density at radius 2 is 2.14 bits per heavy atom. The molecule has 1 fully saturated rings. The number of terminal acetylenes is 1. The predicted octanol–water partition coefficient (Wildman–Crippen LogP) is 2.05. The lowest BCUT2D eigenvalue weighted by atomic mass is 10.0. The standard InChI is InChI=1S/C17H23NO2S/c1-3-11-18(17-10-13-21(19,20)14-17)12-6-9-16-8-5-4-7-15(16)2/h1,4-5,7-8,17H,6,9-14H2,2H3/t17-/m0/s1. The summed E-state index contributed by atoms with van der Waals surface area (Å²) in [5, 5.41) is 0. The van der Waals surface area contributed by atoms with Crippen LogP contribution in [0.5, 0.6) is 0 Å². The molecule has 0 spiro atoms. The first-order chi connectivity index (χ1) is 10.0. The van der Waals surface area contributed by atoms with E-state index in [1.165, 1.54) is 11.1 Å². The number of hydrogen-bond donors (Lipinski definition) is 0. The number of benzene rings is 1. The van der Waals surface area contributed by atoms with Crippen molar-refractivity contribution in [1.29, 1.82) is 0 Å². The van der Waals surface area contributed by atoms with Crippen molar-refractivity contribution in [1.82, 2.24) is 4.90 Å². The maximum absolute atomic E-state index is 11.6. The van der Waals surface area contributed by atoms with Crippen LogP contribution in [0, 0.1) is 19.3 Å². The fourth-order valence-corrected chi connectivity index (χ4v) is 4.70. The molecular formula is C17H23NO2S. The van der Waals surface area contributed by atoms with Crippen LogP contribution >= 0.6 is 0 Å². The molecular weight excluding hydrogens is 282 g/mol. The van der Waals surface area contributed by atoms with Gasteiger partial charge >= 0.3 is 0 Å². The third kappa shape index (κ3) is 4.59. The summed E-state index contributed by atoms with van der Waals surface area (Å²) >= 11 is 0. The summed E-state index contributed by atoms with van der Waals surface area (Å²) in [5.74, 6) is 3.23. The van der Waals surface area contributed by atoms with Crippen molar-refractivity contribution in [3.05, 3.63) is 35.4 Å². The van der Waals surface area contributed by atoms with Crippen LogP contribution in [0.1, 0.15) is 24.0 Å². The lowest BCUT2D eigenvalue weighted by Gasteiger charge is -2.25. The summed E-state index contributed by atoms with van der Waals surface area (Å²) < 4.78 is 23.2. The van der Waals surface area contributed by atoms with E-state index in [9.17, 15) is 8.42 Å². The molecule has 4 heteroatoms. The van der Waals surface area contributed by atoms with Gasteiger partial charge in [0, 0.05) is 6.04 Å². The van der Waals surface area contributed by atoms with Crippen molar-refractivity contribution in [2.75, 3.05) is 24.6 Å². The quantitative estimate of drug-likeness (QED) is 0.755. The minimum Gasteiger partial charge on any atom is -0.288 e. The molecule has 114 valence electrons. The zero-order chi connectivity index (χ0) is 15.3. The van der Waals surface area contributed by atoms with Gasteiger partial charge < -0.3 is 0 Å². The molecule has 1 aromatic rings. The second-order valence-electron chi connectivity index (χ2n) is 5.76. The normalized spacial score (nSPS) is 20.5. The van der Waals surface area contributed by atoms with E-state index in [1.54, 1.807) is 0 Å². The van der Waals surface area contributed by atoms with E-state index in [2.05, 4.69) is 35.9 Å². The van der Waals surface area contributed by atoms with Crippen molar-refractivity contribution in [3.8, 4) is 12.3 Å². The van der Waals surface area contributed by atoms with Crippen LogP contribution in [0.15, 0.2) is 24.3 Å². The van der Waals surface area contributed by atoms with E-state index in [1.807, 2.05) is 6.07 Å². The van der Waals surface area contributed by atoms with Gasteiger partial charge in [-0.15, -0.1) is 6.42 Å². The molecule has 0 aliphatic carbocycles. The molecule has 3 nitrogen and oxygen atoms in total. The molecule has 1 aromatic carbocycles. The van der Waals surface area contributed by atoms with Crippen LogP contribution in [0.25, 0.3) is 0 Å². The maximum Gasteiger partial charge on any atom is 0.151 e. The Balaban J connectivity index is 1.89. The third-order valence-electron chi connectivity index (χ3n) is 4.17. The highest BCUT2D eigenvalue weighted by Gasteiger charge is 2.31. The Hall–Kier alpha value is -1.31. The average Bonchev–Trinajstić information content (AvgIpc) is 2.80. The molecule has 0 amide bonds. The topological polar surface area (TPSA) is 37.4 Å². The number of aryl methyl sites for hydroxylation is 2. The third-order valence-corrected chi connectivity index (χ3v) is 5.92. The van der Waals surface area contributed by atoms with E-state index in [-0.39, 0.29) is 11.8 Å². The van der Waals surface area contributed by atoms with E-state index >= 15 is 0 Å². The van der Waals surface area contributed by atoms with E-state index in [4.69, 9.17) is 6.42 Å². The summed E-state index contributed by atoms with van der Waals surface area (Å²) in [6.07, 6.45) is 8.16. The summed E-state index contributed by atoms with van der Waals surface area (Å²) in [6, 6.07) is 8.49. The molecule has 1 aliphatic heterocycles. The monoisotopic (exact) mass is 305 g/mol. The molecule has 1 heterocycles. The van der Waals surface area contributed by atoms with Gasteiger partial charge in [0.1, 0.15) is 0 Å². The number of hydrogen-bond acceptors (Lipinski definition) is 3. The van der Waals surface area contributed by atoms with Crippen LogP contribution in [0.2, 0.25) is 0 Å². The van der Waals surface area contributed by atoms with Gasteiger partial charge in [-0.05, 0) is 43.9 Å². The predicted molar refractivity (Wildman–Crippen MR) is 87.0 cm³/mol. The summed E-state index contributed by atoms with van der Waals surface area (Å²) in [6.45, 7) is 3.52. The highest BCUT2D eigenvalue weighted by atomic mass is 32.2. The molecule has 0 N–H and O–H groups in total. The highest BCUT2D eigenvalue weighted by molar-refractivity contribution is 7.91. The van der Waals surface area contributed by atoms with E-state index in [0.29, 0.717) is 18.7 Å². The molecule has 1 saturated heterocycles. The van der Waals surface area contributed by atoms with Gasteiger partial charge in [0.05, 0.1) is 18.1 Å². The largest absolute Gasteiger partial charge is 0.288 e. The lowest BCUT2D eigenvalue weighted by Crippen LogP contribution is -2.37. The Labute approximate surface area is 128 Å². The zero-order valence-electron chi connectivity index (χ0n) is 12.6. The van der Waals surface area contributed by atoms with Crippen LogP contribution < -0.4 is 0 Å². The van der Waals surface area contributed by atoms with Gasteiger partial charge in [-0.2, -0.15) is 0 Å². The average molecular weight is 305 g/mol. The summed E-state index contributed by atoms with van der Waals surface area (Å²) in [5.41, 5.74) is 2.67. The van der Waals surface area contributed by atoms with Crippen LogP contribution in [0.4, 0.5) is 0 Å². The first-order valence-electron chi connectivity index (χ1n) is 7.44. The van der Waals surface area contributed by atoms with Crippen molar-refractivity contribution < 1.29 is 8.42 Å². The second kappa shape index (κ2) is 7.11. The van der Waals surface area contributed by atoms with Crippen molar-refractivity contribution in [2.24, 2.45) is 0 Å². The molecule has 0 saturated carbocycles. The Morgan fingerprint density at radius 1 is 1.38 bits per heavy atom. The fourth-order valence-electron chi connectivity index (χ4n) is 2.93. The molecule has 21 heavy (non-hydrogen) atoms. The molecule has 1 atom stereocenters. The van der Waals surface area contributed by atoms with Crippen molar-refractivity contribution >= 4 is 9.84 Å². The van der Waals surface area contributed by atoms with Crippen LogP contribution in [-0.4, -0.2) is 44.0 Å². The molecule has 2 rings (SSSR count). The first kappa shape index (κ1) is 16.1. The number of nitrogens with zero attached hydrogens (tertiary/aromatic N) is 1. The highest BCUT2D eigenvalue weighted by Crippen LogP contribution is 2.18. The van der Waals surface area contributed by atoms with Gasteiger partial charge in [0.25, 0.3) is 0 Å². The Morgan fingerprint density at radius 3 is 2.76 bits per heavy atom. The fraction of sp³-hybridized carbons (Fsp3) is 0.529. The Bertz CT molecular complexity index is 616. The summed E-state index contributed by atoms with van der Waals surface area (Å²) in [7, 11) is -2.85. The number of sulfone groups is 1. The van der Waals surface area contributed by atoms with Crippen LogP contribution in [0.3, 0.4) is 0 Å². The second-order valence-corrected chi connectivity index (χ2v) is 7.99. The minimum atomic E-state index is -2.85. The molecule has 1 aliphatic rings. The maximum atomic E-state index is 11.6. The summed E-state index contributed by atoms with van der Waals surface area (Å²) in [4.78, 5) is 2.16. The molecule has 0 unspecified atom stereocenters. The van der Waals surface area contributed by atoms with Gasteiger partial charge in [0.2, 0.25) is 0 Å². The zero-order valence-corrected chi connectivity index (χ0v) is 13.4. The SMILES string of the molecule is C#CCN(CCCc1ccccc1C)[C@H]1CCS(=O)(=O)C1. The molecule has 0 bridgehead atoms.